The number of rotatable bonds is 4. The molecule has 0 spiro atoms. The van der Waals surface area contributed by atoms with Crippen LogP contribution in [0.25, 0.3) is 120 Å². The monoisotopic (exact) mass is 905 g/mol. The summed E-state index contributed by atoms with van der Waals surface area (Å²) >= 11 is 0. The Morgan fingerprint density at radius 2 is 0.958 bits per heavy atom. The van der Waals surface area contributed by atoms with E-state index >= 15 is 0 Å². The Labute approximate surface area is 408 Å². The maximum Gasteiger partial charge on any atom is 0.160 e. The summed E-state index contributed by atoms with van der Waals surface area (Å²) in [7, 11) is 0. The van der Waals surface area contributed by atoms with Crippen LogP contribution in [0.4, 0.5) is 0 Å². The van der Waals surface area contributed by atoms with E-state index in [0.29, 0.717) is 5.84 Å². The van der Waals surface area contributed by atoms with Crippen molar-refractivity contribution in [3.63, 3.8) is 0 Å². The molecule has 1 atom stereocenters. The van der Waals surface area contributed by atoms with Crippen molar-refractivity contribution >= 4 is 126 Å². The van der Waals surface area contributed by atoms with Crippen molar-refractivity contribution < 1.29 is 4.42 Å². The van der Waals surface area contributed by atoms with Crippen LogP contribution < -0.4 is 0 Å². The molecular formula is C67H43N3O. The van der Waals surface area contributed by atoms with E-state index in [9.17, 15) is 0 Å². The first kappa shape index (κ1) is 39.8. The number of amidine groups is 1. The highest BCUT2D eigenvalue weighted by Gasteiger charge is 2.26. The molecule has 0 N–H and O–H groups in total. The third kappa shape index (κ3) is 6.11. The minimum atomic E-state index is 0.0253. The quantitative estimate of drug-likeness (QED) is 0.162. The van der Waals surface area contributed by atoms with Gasteiger partial charge in [-0.25, -0.2) is 9.98 Å². The van der Waals surface area contributed by atoms with Crippen molar-refractivity contribution in [2.75, 3.05) is 0 Å². The molecule has 0 radical (unpaired) electrons. The Morgan fingerprint density at radius 3 is 1.68 bits per heavy atom. The SMILES string of the molecule is CC1C/C=C(c2cc3c(cc2-n2c4ccccc4c4cc5ccccc5cc42)oc2ccc4ccccc4c23)/N=C(c2cc3ccccc3c3ccccc23)\N=C/1c1cc2ccccc2c2ccccc12. The molecule has 14 aromatic rings. The molecule has 71 heavy (non-hydrogen) atoms. The Balaban J connectivity index is 1.07. The van der Waals surface area contributed by atoms with Crippen LogP contribution in [-0.2, 0) is 0 Å². The van der Waals surface area contributed by atoms with Gasteiger partial charge in [-0.1, -0.05) is 183 Å². The number of benzene rings is 12. The number of para-hydroxylation sites is 1. The largest absolute Gasteiger partial charge is 0.456 e. The van der Waals surface area contributed by atoms with Gasteiger partial charge in [0.15, 0.2) is 5.84 Å². The zero-order valence-electron chi connectivity index (χ0n) is 38.9. The first-order chi connectivity index (χ1) is 35.1. The Kier molecular flexibility index (Phi) is 8.67. The number of nitrogens with zero attached hydrogens (tertiary/aromatic N) is 3. The van der Waals surface area contributed by atoms with Crippen LogP contribution in [0, 0.1) is 5.92 Å². The van der Waals surface area contributed by atoms with E-state index in [4.69, 9.17) is 14.4 Å². The number of hydrogen-bond acceptors (Lipinski definition) is 3. The zero-order valence-corrected chi connectivity index (χ0v) is 38.9. The molecule has 12 aromatic carbocycles. The van der Waals surface area contributed by atoms with Crippen LogP contribution in [0.3, 0.4) is 0 Å². The lowest BCUT2D eigenvalue weighted by molar-refractivity contribution is 0.669. The molecule has 0 aliphatic carbocycles. The van der Waals surface area contributed by atoms with Gasteiger partial charge in [0.2, 0.25) is 0 Å². The van der Waals surface area contributed by atoms with Gasteiger partial charge < -0.3 is 8.98 Å². The summed E-state index contributed by atoms with van der Waals surface area (Å²) in [4.78, 5) is 11.9. The van der Waals surface area contributed by atoms with Crippen molar-refractivity contribution in [1.29, 1.82) is 0 Å². The molecule has 332 valence electrons. The first-order valence-electron chi connectivity index (χ1n) is 24.6. The van der Waals surface area contributed by atoms with Gasteiger partial charge in [-0.2, -0.15) is 0 Å². The number of aromatic nitrogens is 1. The summed E-state index contributed by atoms with van der Waals surface area (Å²) in [6.45, 7) is 2.33. The number of hydrogen-bond donors (Lipinski definition) is 0. The van der Waals surface area contributed by atoms with E-state index in [1.807, 2.05) is 0 Å². The maximum atomic E-state index is 6.92. The van der Waals surface area contributed by atoms with E-state index in [1.54, 1.807) is 0 Å². The molecule has 4 heteroatoms. The Morgan fingerprint density at radius 1 is 0.394 bits per heavy atom. The van der Waals surface area contributed by atoms with E-state index in [1.165, 1.54) is 59.2 Å². The minimum absolute atomic E-state index is 0.0253. The number of furan rings is 1. The van der Waals surface area contributed by atoms with Gasteiger partial charge in [-0.05, 0) is 114 Å². The van der Waals surface area contributed by atoms with Gasteiger partial charge in [0.25, 0.3) is 0 Å². The minimum Gasteiger partial charge on any atom is -0.456 e. The zero-order chi connectivity index (χ0) is 46.7. The number of aliphatic imine (C=N–C) groups is 2. The van der Waals surface area contributed by atoms with Crippen LogP contribution >= 0.6 is 0 Å². The fourth-order valence-electron chi connectivity index (χ4n) is 11.8. The topological polar surface area (TPSA) is 42.8 Å². The van der Waals surface area contributed by atoms with Crippen molar-refractivity contribution in [3.8, 4) is 5.69 Å². The van der Waals surface area contributed by atoms with Gasteiger partial charge >= 0.3 is 0 Å². The molecule has 3 heterocycles. The van der Waals surface area contributed by atoms with Crippen molar-refractivity contribution in [2.45, 2.75) is 13.3 Å². The van der Waals surface area contributed by atoms with E-state index in [2.05, 4.69) is 236 Å². The van der Waals surface area contributed by atoms with Gasteiger partial charge in [0.1, 0.15) is 11.2 Å². The summed E-state index contributed by atoms with van der Waals surface area (Å²) in [5.41, 5.74) is 9.96. The van der Waals surface area contributed by atoms with Gasteiger partial charge in [-0.3, -0.25) is 0 Å². The third-order valence-corrected chi connectivity index (χ3v) is 15.2. The molecule has 0 saturated heterocycles. The fraction of sp³-hybridized carbons (Fsp3) is 0.0448. The first-order valence-corrected chi connectivity index (χ1v) is 24.6. The normalized spacial score (nSPS) is 16.8. The summed E-state index contributed by atoms with van der Waals surface area (Å²) in [6.07, 6.45) is 3.09. The second-order valence-electron chi connectivity index (χ2n) is 19.2. The molecular weight excluding hydrogens is 863 g/mol. The average molecular weight is 906 g/mol. The second kappa shape index (κ2) is 15.4. The van der Waals surface area contributed by atoms with Crippen LogP contribution in [0.5, 0.6) is 0 Å². The predicted octanol–water partition coefficient (Wildman–Crippen LogP) is 17.9. The summed E-state index contributed by atoms with van der Waals surface area (Å²) in [5, 5.41) is 18.8. The molecule has 1 aliphatic rings. The standard InChI is InChI=1S/C67H43N3O/c1-40-30-32-59(68-67(56-36-45-20-6-8-22-47(45)50-25-11-13-27-52(50)56)69-66(40)55-35-44-19-5-7-21-46(44)49-24-10-12-26-51(49)55)57-38-58-64(71-63-33-31-41-16-4-9-23-48(41)65(58)63)39-62(57)70-60-29-15-14-28-53(60)54-34-42-17-2-3-18-43(42)37-61(54)70/h2-29,31-40H,30H2,1H3/b59-32+,68-67-,69-66+. The van der Waals surface area contributed by atoms with E-state index in [0.717, 1.165) is 89.3 Å². The highest BCUT2D eigenvalue weighted by Crippen LogP contribution is 2.44. The van der Waals surface area contributed by atoms with Gasteiger partial charge in [-0.15, -0.1) is 0 Å². The predicted molar refractivity (Wildman–Crippen MR) is 301 cm³/mol. The van der Waals surface area contributed by atoms with Crippen LogP contribution in [-0.4, -0.2) is 16.1 Å². The number of fused-ring (bicyclic) bond motifs is 15. The van der Waals surface area contributed by atoms with Gasteiger partial charge in [0.05, 0.1) is 28.1 Å². The molecule has 15 rings (SSSR count). The lowest BCUT2D eigenvalue weighted by Gasteiger charge is -2.22. The van der Waals surface area contributed by atoms with E-state index < -0.39 is 0 Å². The number of allylic oxidation sites excluding steroid dienone is 1. The van der Waals surface area contributed by atoms with E-state index in [-0.39, 0.29) is 5.92 Å². The molecule has 2 aromatic heterocycles. The summed E-state index contributed by atoms with van der Waals surface area (Å²) in [5.74, 6) is 0.705. The smallest absolute Gasteiger partial charge is 0.160 e. The van der Waals surface area contributed by atoms with Crippen LogP contribution in [0.1, 0.15) is 30.0 Å². The fourth-order valence-corrected chi connectivity index (χ4v) is 11.8. The molecule has 0 saturated carbocycles. The molecule has 1 aliphatic heterocycles. The summed E-state index contributed by atoms with van der Waals surface area (Å²) < 4.78 is 9.36. The molecule has 0 amide bonds. The molecule has 4 nitrogen and oxygen atoms in total. The summed E-state index contributed by atoms with van der Waals surface area (Å²) in [6, 6.07) is 79.3. The Hall–Kier alpha value is -9.12. The van der Waals surface area contributed by atoms with Crippen LogP contribution in [0.2, 0.25) is 0 Å². The lowest BCUT2D eigenvalue weighted by atomic mass is 9.88. The lowest BCUT2D eigenvalue weighted by Crippen LogP contribution is -2.18. The highest BCUT2D eigenvalue weighted by molar-refractivity contribution is 6.27. The maximum absolute atomic E-state index is 6.92. The van der Waals surface area contributed by atoms with Crippen molar-refractivity contribution in [3.05, 3.63) is 241 Å². The average Bonchev–Trinajstić information content (AvgIpc) is 3.96. The molecule has 0 bridgehead atoms. The van der Waals surface area contributed by atoms with Crippen molar-refractivity contribution in [2.24, 2.45) is 15.9 Å². The molecule has 1 unspecified atom stereocenters. The third-order valence-electron chi connectivity index (χ3n) is 15.2. The second-order valence-corrected chi connectivity index (χ2v) is 19.2. The van der Waals surface area contributed by atoms with Crippen LogP contribution in [0.15, 0.2) is 239 Å². The highest BCUT2D eigenvalue weighted by atomic mass is 16.3. The molecule has 0 fully saturated rings. The Bertz CT molecular complexity index is 4700. The van der Waals surface area contributed by atoms with Crippen molar-refractivity contribution in [1.82, 2.24) is 4.57 Å². The van der Waals surface area contributed by atoms with Gasteiger partial charge in [0, 0.05) is 50.2 Å².